The molecule has 5 rings (SSSR count). The summed E-state index contributed by atoms with van der Waals surface area (Å²) >= 11 is 12.6. The lowest BCUT2D eigenvalue weighted by atomic mass is 9.79. The molecule has 30 heavy (non-hydrogen) atoms. The molecule has 1 aliphatic carbocycles. The number of aromatic nitrogens is 4. The van der Waals surface area contributed by atoms with Gasteiger partial charge in [0, 0.05) is 24.2 Å². The topological polar surface area (TPSA) is 74.8 Å². The van der Waals surface area contributed by atoms with Crippen molar-refractivity contribution in [2.45, 2.75) is 44.6 Å². The molecule has 8 heteroatoms. The molecule has 0 fully saturated rings. The van der Waals surface area contributed by atoms with E-state index < -0.39 is 0 Å². The number of carbonyl (C=O) groups excluding carboxylic acids is 1. The van der Waals surface area contributed by atoms with Crippen LogP contribution in [-0.2, 0) is 0 Å². The first kappa shape index (κ1) is 19.5. The fourth-order valence-corrected chi connectivity index (χ4v) is 5.14. The number of amides is 1. The molecule has 2 atom stereocenters. The van der Waals surface area contributed by atoms with E-state index in [1.54, 1.807) is 24.4 Å². The average molecular weight is 442 g/mol. The first-order valence-electron chi connectivity index (χ1n) is 10.2. The van der Waals surface area contributed by atoms with Crippen molar-refractivity contribution in [1.29, 1.82) is 0 Å². The highest BCUT2D eigenvalue weighted by molar-refractivity contribution is 6.43. The second-order valence-electron chi connectivity index (χ2n) is 7.94. The third kappa shape index (κ3) is 3.19. The number of benzene rings is 1. The van der Waals surface area contributed by atoms with E-state index in [0.717, 1.165) is 48.3 Å². The van der Waals surface area contributed by atoms with E-state index in [9.17, 15) is 4.79 Å². The van der Waals surface area contributed by atoms with Gasteiger partial charge < -0.3 is 4.90 Å². The molecule has 6 nitrogen and oxygen atoms in total. The Morgan fingerprint density at radius 3 is 2.80 bits per heavy atom. The maximum absolute atomic E-state index is 13.6. The SMILES string of the molecule is Cc1nc(-c2ccn[nH]2)c2c(n1)C1CCCCC2CN1C(=O)c1cccc(Cl)c1Cl. The number of aryl methyl sites for hydroxylation is 1. The molecule has 1 aliphatic heterocycles. The van der Waals surface area contributed by atoms with E-state index >= 15 is 0 Å². The maximum Gasteiger partial charge on any atom is 0.256 e. The van der Waals surface area contributed by atoms with E-state index in [-0.39, 0.29) is 17.9 Å². The average Bonchev–Trinajstić information content (AvgIpc) is 3.24. The maximum atomic E-state index is 13.6. The quantitative estimate of drug-likeness (QED) is 0.582. The summed E-state index contributed by atoms with van der Waals surface area (Å²) in [6.07, 6.45) is 5.76. The molecule has 0 saturated carbocycles. The van der Waals surface area contributed by atoms with Crippen molar-refractivity contribution >= 4 is 29.1 Å². The predicted octanol–water partition coefficient (Wildman–Crippen LogP) is 5.34. The van der Waals surface area contributed by atoms with Gasteiger partial charge in [-0.1, -0.05) is 42.1 Å². The Morgan fingerprint density at radius 2 is 2.00 bits per heavy atom. The van der Waals surface area contributed by atoms with Gasteiger partial charge in [0.05, 0.1) is 38.7 Å². The number of nitrogens with one attached hydrogen (secondary N) is 1. The first-order valence-corrected chi connectivity index (χ1v) is 10.9. The van der Waals surface area contributed by atoms with Crippen LogP contribution in [0.2, 0.25) is 10.0 Å². The molecular formula is C22H21Cl2N5O. The summed E-state index contributed by atoms with van der Waals surface area (Å²) in [7, 11) is 0. The smallest absolute Gasteiger partial charge is 0.256 e. The molecule has 1 N–H and O–H groups in total. The highest BCUT2D eigenvalue weighted by Gasteiger charge is 2.41. The molecular weight excluding hydrogens is 421 g/mol. The Balaban J connectivity index is 1.65. The van der Waals surface area contributed by atoms with Crippen molar-refractivity contribution in [2.75, 3.05) is 6.54 Å². The van der Waals surface area contributed by atoms with Crippen molar-refractivity contribution < 1.29 is 4.79 Å². The highest BCUT2D eigenvalue weighted by Crippen LogP contribution is 2.46. The lowest BCUT2D eigenvalue weighted by Crippen LogP contribution is -2.44. The molecule has 0 spiro atoms. The molecule has 1 aromatic carbocycles. The van der Waals surface area contributed by atoms with Crippen LogP contribution in [0.15, 0.2) is 30.5 Å². The van der Waals surface area contributed by atoms with Gasteiger partial charge in [-0.15, -0.1) is 0 Å². The minimum atomic E-state index is -0.109. The van der Waals surface area contributed by atoms with Gasteiger partial charge in [0.1, 0.15) is 5.82 Å². The molecule has 0 radical (unpaired) electrons. The Bertz CT molecular complexity index is 1110. The Labute approximate surface area is 184 Å². The van der Waals surface area contributed by atoms with Crippen molar-refractivity contribution in [3.8, 4) is 11.4 Å². The lowest BCUT2D eigenvalue weighted by molar-refractivity contribution is 0.0591. The van der Waals surface area contributed by atoms with E-state index in [4.69, 9.17) is 33.2 Å². The number of hydrogen-bond donors (Lipinski definition) is 1. The Kier molecular flexibility index (Phi) is 4.99. The van der Waals surface area contributed by atoms with Crippen LogP contribution in [0, 0.1) is 6.92 Å². The number of aromatic amines is 1. The molecule has 2 unspecified atom stereocenters. The third-order valence-electron chi connectivity index (χ3n) is 6.08. The van der Waals surface area contributed by atoms with Gasteiger partial charge in [-0.3, -0.25) is 9.89 Å². The van der Waals surface area contributed by atoms with Crippen molar-refractivity contribution in [3.05, 3.63) is 63.2 Å². The van der Waals surface area contributed by atoms with E-state index in [1.165, 1.54) is 0 Å². The molecule has 1 amide bonds. The van der Waals surface area contributed by atoms with Crippen LogP contribution in [0.3, 0.4) is 0 Å². The number of likely N-dealkylation sites (tertiary alicyclic amines) is 1. The van der Waals surface area contributed by atoms with Crippen LogP contribution < -0.4 is 0 Å². The Hall–Kier alpha value is -2.44. The summed E-state index contributed by atoms with van der Waals surface area (Å²) in [4.78, 5) is 25.1. The van der Waals surface area contributed by atoms with Gasteiger partial charge in [-0.2, -0.15) is 5.10 Å². The number of carbonyl (C=O) groups is 1. The molecule has 2 aliphatic rings. The van der Waals surface area contributed by atoms with Gasteiger partial charge in [-0.05, 0) is 38.0 Å². The monoisotopic (exact) mass is 441 g/mol. The summed E-state index contributed by atoms with van der Waals surface area (Å²) < 4.78 is 0. The van der Waals surface area contributed by atoms with Crippen molar-refractivity contribution in [3.63, 3.8) is 0 Å². The second kappa shape index (κ2) is 7.67. The molecule has 0 saturated heterocycles. The standard InChI is InChI=1S/C22H21Cl2N5O/c1-12-26-20(16-9-10-25-28-16)18-13-5-2-3-8-17(21(18)27-12)29(11-13)22(30)14-6-4-7-15(23)19(14)24/h4,6-7,9-10,13,17H,2-3,5,8,11H2,1H3,(H,25,28). The summed E-state index contributed by atoms with van der Waals surface area (Å²) in [6.45, 7) is 2.51. The minimum absolute atomic E-state index is 0.0931. The number of nitrogens with zero attached hydrogens (tertiary/aromatic N) is 4. The van der Waals surface area contributed by atoms with Gasteiger partial charge >= 0.3 is 0 Å². The normalized spacial score (nSPS) is 20.6. The minimum Gasteiger partial charge on any atom is -0.329 e. The number of rotatable bonds is 2. The van der Waals surface area contributed by atoms with E-state index in [2.05, 4.69) is 10.2 Å². The van der Waals surface area contributed by atoms with Crippen molar-refractivity contribution in [2.24, 2.45) is 0 Å². The molecule has 2 bridgehead atoms. The fraction of sp³-hybridized carbons (Fsp3) is 0.364. The van der Waals surface area contributed by atoms with Crippen LogP contribution in [0.1, 0.15) is 65.1 Å². The summed E-state index contributed by atoms with van der Waals surface area (Å²) in [6, 6.07) is 7.03. The van der Waals surface area contributed by atoms with Gasteiger partial charge in [0.15, 0.2) is 0 Å². The number of hydrogen-bond acceptors (Lipinski definition) is 4. The summed E-state index contributed by atoms with van der Waals surface area (Å²) in [5.74, 6) is 0.763. The highest BCUT2D eigenvalue weighted by atomic mass is 35.5. The van der Waals surface area contributed by atoms with Crippen molar-refractivity contribution in [1.82, 2.24) is 25.1 Å². The zero-order valence-electron chi connectivity index (χ0n) is 16.5. The van der Waals surface area contributed by atoms with E-state index in [0.29, 0.717) is 28.0 Å². The molecule has 154 valence electrons. The fourth-order valence-electron chi connectivity index (χ4n) is 4.76. The second-order valence-corrected chi connectivity index (χ2v) is 8.73. The van der Waals surface area contributed by atoms with Crippen LogP contribution in [0.25, 0.3) is 11.4 Å². The number of H-pyrrole nitrogens is 1. The number of halogens is 2. The van der Waals surface area contributed by atoms with Crippen LogP contribution in [0.5, 0.6) is 0 Å². The predicted molar refractivity (Wildman–Crippen MR) is 116 cm³/mol. The first-order chi connectivity index (χ1) is 14.5. The van der Waals surface area contributed by atoms with Gasteiger partial charge in [-0.25, -0.2) is 9.97 Å². The Morgan fingerprint density at radius 1 is 1.17 bits per heavy atom. The third-order valence-corrected chi connectivity index (χ3v) is 6.90. The van der Waals surface area contributed by atoms with Gasteiger partial charge in [0.2, 0.25) is 0 Å². The van der Waals surface area contributed by atoms with Crippen LogP contribution >= 0.6 is 23.2 Å². The summed E-state index contributed by atoms with van der Waals surface area (Å²) in [5, 5.41) is 7.85. The lowest BCUT2D eigenvalue weighted by Gasteiger charge is -2.43. The van der Waals surface area contributed by atoms with E-state index in [1.807, 2.05) is 17.9 Å². The molecule has 3 heterocycles. The molecule has 3 aromatic rings. The molecule has 2 aromatic heterocycles. The zero-order chi connectivity index (χ0) is 20.8. The largest absolute Gasteiger partial charge is 0.329 e. The van der Waals surface area contributed by atoms with Gasteiger partial charge in [0.25, 0.3) is 5.91 Å². The summed E-state index contributed by atoms with van der Waals surface area (Å²) in [5.41, 5.74) is 4.33. The van der Waals surface area contributed by atoms with Crippen LogP contribution in [0.4, 0.5) is 0 Å². The zero-order valence-corrected chi connectivity index (χ0v) is 18.0. The van der Waals surface area contributed by atoms with Crippen LogP contribution in [-0.4, -0.2) is 37.5 Å².